The fourth-order valence-electron chi connectivity index (χ4n) is 3.94. The molecule has 0 aromatic heterocycles. The normalized spacial score (nSPS) is 17.9. The molecule has 0 bridgehead atoms. The van der Waals surface area contributed by atoms with Gasteiger partial charge in [-0.3, -0.25) is 10.4 Å². The lowest BCUT2D eigenvalue weighted by molar-refractivity contribution is -0.296. The first-order chi connectivity index (χ1) is 16.5. The van der Waals surface area contributed by atoms with Crippen LogP contribution in [0.4, 0.5) is 36.4 Å². The molecule has 0 saturated heterocycles. The zero-order chi connectivity index (χ0) is 25.0. The summed E-state index contributed by atoms with van der Waals surface area (Å²) in [6.07, 6.45) is -4.67. The Hall–Kier alpha value is -3.89. The summed E-state index contributed by atoms with van der Waals surface area (Å²) in [5, 5.41) is 1.45. The number of ether oxygens (including phenoxy) is 2. The monoisotopic (exact) mass is 496 g/mol. The first-order valence-corrected chi connectivity index (χ1v) is 10.2. The van der Waals surface area contributed by atoms with Gasteiger partial charge in [0.2, 0.25) is 0 Å². The topological polar surface area (TPSA) is 33.7 Å². The fourth-order valence-corrected chi connectivity index (χ4v) is 3.94. The Bertz CT molecular complexity index is 1290. The first kappa shape index (κ1) is 22.9. The van der Waals surface area contributed by atoms with Crippen LogP contribution in [-0.4, -0.2) is 19.3 Å². The molecule has 2 aliphatic rings. The summed E-state index contributed by atoms with van der Waals surface area (Å²) in [5.74, 6) is -5.67. The average Bonchev–Trinajstić information content (AvgIpc) is 3.31. The van der Waals surface area contributed by atoms with Gasteiger partial charge in [0.05, 0.1) is 23.5 Å². The molecule has 0 saturated carbocycles. The molecule has 5 rings (SSSR count). The number of anilines is 1. The number of nitrogens with zero attached hydrogens (tertiary/aromatic N) is 1. The third-order valence-electron chi connectivity index (χ3n) is 5.64. The predicted octanol–water partition coefficient (Wildman–Crippen LogP) is 6.40. The molecule has 0 unspecified atom stereocenters. The van der Waals surface area contributed by atoms with Gasteiger partial charge in [0.1, 0.15) is 17.3 Å². The van der Waals surface area contributed by atoms with Crippen molar-refractivity contribution in [1.82, 2.24) is 5.43 Å². The van der Waals surface area contributed by atoms with Gasteiger partial charge >= 0.3 is 18.6 Å². The number of rotatable bonds is 5. The number of halogens is 7. The zero-order valence-electron chi connectivity index (χ0n) is 17.5. The van der Waals surface area contributed by atoms with E-state index in [-0.39, 0.29) is 18.0 Å². The highest BCUT2D eigenvalue weighted by Gasteiger charge is 2.66. The smallest absolute Gasteiger partial charge is 0.435 e. The van der Waals surface area contributed by atoms with Gasteiger partial charge in [0.25, 0.3) is 0 Å². The van der Waals surface area contributed by atoms with E-state index in [4.69, 9.17) is 0 Å². The highest BCUT2D eigenvalue weighted by Crippen LogP contribution is 2.54. The zero-order valence-corrected chi connectivity index (χ0v) is 17.5. The van der Waals surface area contributed by atoms with Crippen LogP contribution in [0.2, 0.25) is 0 Å². The molecule has 1 N–H and O–H groups in total. The van der Waals surface area contributed by atoms with E-state index in [0.717, 1.165) is 12.1 Å². The number of hydrazine groups is 1. The van der Waals surface area contributed by atoms with Crippen LogP contribution in [0.25, 0.3) is 11.3 Å². The van der Waals surface area contributed by atoms with Crippen LogP contribution >= 0.6 is 0 Å². The van der Waals surface area contributed by atoms with Gasteiger partial charge < -0.3 is 9.47 Å². The first-order valence-electron chi connectivity index (χ1n) is 10.2. The molecule has 11 heteroatoms. The predicted molar refractivity (Wildman–Crippen MR) is 113 cm³/mol. The molecule has 4 nitrogen and oxygen atoms in total. The van der Waals surface area contributed by atoms with Crippen molar-refractivity contribution in [2.24, 2.45) is 0 Å². The highest BCUT2D eigenvalue weighted by atomic mass is 19.3. The quantitative estimate of drug-likeness (QED) is 0.415. The number of hydrogen-bond donors (Lipinski definition) is 1. The van der Waals surface area contributed by atoms with E-state index < -0.39 is 35.8 Å². The van der Waals surface area contributed by atoms with Gasteiger partial charge in [-0.1, -0.05) is 12.1 Å². The summed E-state index contributed by atoms with van der Waals surface area (Å²) in [5.41, 5.74) is 4.49. The van der Waals surface area contributed by atoms with Crippen molar-refractivity contribution in [3.05, 3.63) is 89.2 Å². The van der Waals surface area contributed by atoms with E-state index >= 15 is 0 Å². The lowest BCUT2D eigenvalue weighted by Crippen LogP contribution is -2.37. The standard InChI is InChI=1S/C24H15F7N2O2/c25-15-5-1-13(2-6-15)18-12-33(32-21(18)14-3-8-17(9-4-14)34-22(26)27)16-7-10-20-19(11-16)23(28,29)24(30,31)35-20/h1-11,22,32H,12H2. The molecule has 3 aromatic rings. The molecule has 2 heterocycles. The minimum Gasteiger partial charge on any atom is -0.435 e. The van der Waals surface area contributed by atoms with Crippen molar-refractivity contribution in [3.63, 3.8) is 0 Å². The van der Waals surface area contributed by atoms with E-state index in [9.17, 15) is 30.7 Å². The van der Waals surface area contributed by atoms with Gasteiger partial charge in [-0.2, -0.15) is 26.3 Å². The maximum absolute atomic E-state index is 14.2. The summed E-state index contributed by atoms with van der Waals surface area (Å²) in [6, 6.07) is 14.5. The molecule has 2 aliphatic heterocycles. The highest BCUT2D eigenvalue weighted by molar-refractivity contribution is 5.95. The molecule has 0 amide bonds. The van der Waals surface area contributed by atoms with Crippen molar-refractivity contribution in [1.29, 1.82) is 0 Å². The maximum Gasteiger partial charge on any atom is 0.469 e. The van der Waals surface area contributed by atoms with Gasteiger partial charge in [-0.25, -0.2) is 4.39 Å². The Morgan fingerprint density at radius 3 is 2.20 bits per heavy atom. The summed E-state index contributed by atoms with van der Waals surface area (Å²) < 4.78 is 103. The molecule has 182 valence electrons. The number of fused-ring (bicyclic) bond motifs is 1. The van der Waals surface area contributed by atoms with E-state index in [2.05, 4.69) is 14.9 Å². The summed E-state index contributed by atoms with van der Waals surface area (Å²) >= 11 is 0. The van der Waals surface area contributed by atoms with Gasteiger partial charge in [-0.15, -0.1) is 0 Å². The third-order valence-corrected chi connectivity index (χ3v) is 5.64. The van der Waals surface area contributed by atoms with E-state index in [1.807, 2.05) is 0 Å². The van der Waals surface area contributed by atoms with Crippen LogP contribution in [0.5, 0.6) is 11.5 Å². The van der Waals surface area contributed by atoms with E-state index in [0.29, 0.717) is 22.4 Å². The Balaban J connectivity index is 1.51. The van der Waals surface area contributed by atoms with Gasteiger partial charge in [0, 0.05) is 11.1 Å². The number of nitrogens with one attached hydrogen (secondary N) is 1. The molecular formula is C24H15F7N2O2. The molecule has 0 atom stereocenters. The number of hydrogen-bond acceptors (Lipinski definition) is 4. The van der Waals surface area contributed by atoms with E-state index in [1.54, 1.807) is 0 Å². The fraction of sp³-hybridized carbons (Fsp3) is 0.167. The molecule has 0 aliphatic carbocycles. The second-order valence-electron chi connectivity index (χ2n) is 7.83. The van der Waals surface area contributed by atoms with Crippen molar-refractivity contribution in [2.75, 3.05) is 11.6 Å². The second kappa shape index (κ2) is 8.10. The van der Waals surface area contributed by atoms with Crippen LogP contribution in [0.15, 0.2) is 66.7 Å². The van der Waals surface area contributed by atoms with Crippen molar-refractivity contribution < 1.29 is 40.2 Å². The van der Waals surface area contributed by atoms with Crippen molar-refractivity contribution in [3.8, 4) is 11.5 Å². The van der Waals surface area contributed by atoms with Crippen LogP contribution in [0.1, 0.15) is 16.7 Å². The molecular weight excluding hydrogens is 481 g/mol. The summed E-state index contributed by atoms with van der Waals surface area (Å²) in [4.78, 5) is 0. The molecule has 35 heavy (non-hydrogen) atoms. The van der Waals surface area contributed by atoms with Gasteiger partial charge in [-0.05, 0) is 60.2 Å². The lowest BCUT2D eigenvalue weighted by atomic mass is 10.0. The number of alkyl halides is 6. The molecule has 0 spiro atoms. The SMILES string of the molecule is Fc1ccc(C2=C(c3ccc(OC(F)F)cc3)NN(c3ccc4c(c3)C(F)(F)C(F)(F)O4)C2)cc1. The van der Waals surface area contributed by atoms with Crippen LogP contribution in [0.3, 0.4) is 0 Å². The molecule has 3 aromatic carbocycles. The molecule has 0 fully saturated rings. The second-order valence-corrected chi connectivity index (χ2v) is 7.83. The Morgan fingerprint density at radius 2 is 1.54 bits per heavy atom. The minimum atomic E-state index is -4.67. The summed E-state index contributed by atoms with van der Waals surface area (Å²) in [7, 11) is 0. The Kier molecular flexibility index (Phi) is 5.30. The average molecular weight is 496 g/mol. The van der Waals surface area contributed by atoms with Crippen LogP contribution in [0, 0.1) is 5.82 Å². The van der Waals surface area contributed by atoms with Crippen LogP contribution < -0.4 is 19.9 Å². The Labute approximate surface area is 194 Å². The largest absolute Gasteiger partial charge is 0.469 e. The van der Waals surface area contributed by atoms with Crippen LogP contribution in [-0.2, 0) is 5.92 Å². The third kappa shape index (κ3) is 4.00. The maximum atomic E-state index is 14.2. The Morgan fingerprint density at radius 1 is 0.886 bits per heavy atom. The summed E-state index contributed by atoms with van der Waals surface area (Å²) in [6.45, 7) is -2.90. The van der Waals surface area contributed by atoms with Gasteiger partial charge in [0.15, 0.2) is 0 Å². The van der Waals surface area contributed by atoms with Crippen molar-refractivity contribution in [2.45, 2.75) is 18.6 Å². The minimum absolute atomic E-state index is 0.0654. The number of benzene rings is 3. The van der Waals surface area contributed by atoms with Crippen molar-refractivity contribution >= 4 is 17.0 Å². The lowest BCUT2D eigenvalue weighted by Gasteiger charge is -2.22. The van der Waals surface area contributed by atoms with E-state index in [1.165, 1.54) is 59.6 Å². The molecule has 0 radical (unpaired) electrons.